The lowest BCUT2D eigenvalue weighted by Crippen LogP contribution is -2.30. The van der Waals surface area contributed by atoms with E-state index < -0.39 is 0 Å². The second-order valence-electron chi connectivity index (χ2n) is 5.46. The van der Waals surface area contributed by atoms with Gasteiger partial charge < -0.3 is 0 Å². The summed E-state index contributed by atoms with van der Waals surface area (Å²) < 4.78 is 1.18. The molecular weight excluding hydrogens is 374 g/mol. The predicted molar refractivity (Wildman–Crippen MR) is 92.9 cm³/mol. The maximum atomic E-state index is 4.71. The summed E-state index contributed by atoms with van der Waals surface area (Å²) in [5.74, 6) is 0.708. The van der Waals surface area contributed by atoms with E-state index in [0.29, 0.717) is 5.82 Å². The number of aromatic nitrogens is 4. The molecule has 5 nitrogen and oxygen atoms in total. The number of rotatable bonds is 3. The van der Waals surface area contributed by atoms with E-state index in [1.54, 1.807) is 23.7 Å². The highest BCUT2D eigenvalue weighted by Gasteiger charge is 2.19. The molecule has 23 heavy (non-hydrogen) atoms. The summed E-state index contributed by atoms with van der Waals surface area (Å²) in [6.07, 6.45) is 7.91. The van der Waals surface area contributed by atoms with Crippen LogP contribution in [0.15, 0.2) is 40.8 Å². The number of hydrogen-bond donors (Lipinski definition) is 0. The van der Waals surface area contributed by atoms with E-state index in [1.165, 1.54) is 20.6 Å². The Balaban J connectivity index is 1.52. The Morgan fingerprint density at radius 3 is 2.83 bits per heavy atom. The van der Waals surface area contributed by atoms with Crippen LogP contribution in [0, 0.1) is 0 Å². The van der Waals surface area contributed by atoms with Crippen molar-refractivity contribution in [2.45, 2.75) is 19.5 Å². The average Bonchev–Trinajstić information content (AvgIpc) is 3.00. The Morgan fingerprint density at radius 1 is 1.17 bits per heavy atom. The van der Waals surface area contributed by atoms with Gasteiger partial charge in [-0.1, -0.05) is 0 Å². The van der Waals surface area contributed by atoms with Gasteiger partial charge in [-0.05, 0) is 28.1 Å². The minimum Gasteiger partial charge on any atom is -0.293 e. The number of nitrogens with zero attached hydrogens (tertiary/aromatic N) is 5. The van der Waals surface area contributed by atoms with Crippen LogP contribution >= 0.6 is 27.3 Å². The van der Waals surface area contributed by atoms with Crippen LogP contribution in [-0.4, -0.2) is 31.4 Å². The van der Waals surface area contributed by atoms with Crippen molar-refractivity contribution < 1.29 is 0 Å². The van der Waals surface area contributed by atoms with E-state index in [9.17, 15) is 0 Å². The van der Waals surface area contributed by atoms with Crippen molar-refractivity contribution in [3.05, 3.63) is 57.0 Å². The third kappa shape index (κ3) is 3.31. The fraction of sp³-hybridized carbons (Fsp3) is 0.250. The highest BCUT2D eigenvalue weighted by Crippen LogP contribution is 2.26. The third-order valence-corrected chi connectivity index (χ3v) is 5.45. The summed E-state index contributed by atoms with van der Waals surface area (Å²) in [5.41, 5.74) is 3.22. The van der Waals surface area contributed by atoms with Crippen LogP contribution < -0.4 is 0 Å². The van der Waals surface area contributed by atoms with Crippen molar-refractivity contribution >= 4 is 27.3 Å². The summed E-state index contributed by atoms with van der Waals surface area (Å²) in [4.78, 5) is 21.1. The molecule has 7 heteroatoms. The zero-order valence-corrected chi connectivity index (χ0v) is 14.7. The normalized spacial score (nSPS) is 14.7. The van der Waals surface area contributed by atoms with Gasteiger partial charge in [0.2, 0.25) is 0 Å². The minimum absolute atomic E-state index is 0.708. The number of thiophene rings is 1. The molecule has 0 spiro atoms. The van der Waals surface area contributed by atoms with Crippen molar-refractivity contribution in [2.24, 2.45) is 0 Å². The van der Waals surface area contributed by atoms with Gasteiger partial charge in [-0.2, -0.15) is 0 Å². The van der Waals surface area contributed by atoms with Crippen molar-refractivity contribution in [2.75, 3.05) is 6.54 Å². The smallest absolute Gasteiger partial charge is 0.162 e. The van der Waals surface area contributed by atoms with Gasteiger partial charge in [0, 0.05) is 55.1 Å². The molecule has 0 unspecified atom stereocenters. The number of hydrogen-bond acceptors (Lipinski definition) is 6. The van der Waals surface area contributed by atoms with Crippen molar-refractivity contribution in [3.63, 3.8) is 0 Å². The highest BCUT2D eigenvalue weighted by molar-refractivity contribution is 9.11. The Labute approximate surface area is 146 Å². The average molecular weight is 388 g/mol. The lowest BCUT2D eigenvalue weighted by atomic mass is 10.1. The first kappa shape index (κ1) is 14.9. The summed E-state index contributed by atoms with van der Waals surface area (Å²) in [7, 11) is 0. The molecule has 3 aromatic rings. The SMILES string of the molecule is Brc1ccc(CN2CCc3nc(-c4cncnc4)ncc3C2)s1. The summed E-state index contributed by atoms with van der Waals surface area (Å²) >= 11 is 5.31. The maximum Gasteiger partial charge on any atom is 0.162 e. The monoisotopic (exact) mass is 387 g/mol. The molecule has 0 aliphatic carbocycles. The van der Waals surface area contributed by atoms with Crippen molar-refractivity contribution in [3.8, 4) is 11.4 Å². The minimum atomic E-state index is 0.708. The summed E-state index contributed by atoms with van der Waals surface area (Å²) in [6, 6.07) is 4.29. The van der Waals surface area contributed by atoms with Gasteiger partial charge in [0.05, 0.1) is 15.0 Å². The molecule has 4 heterocycles. The van der Waals surface area contributed by atoms with Gasteiger partial charge in [-0.3, -0.25) is 4.90 Å². The second-order valence-corrected chi connectivity index (χ2v) is 8.01. The number of fused-ring (bicyclic) bond motifs is 1. The standard InChI is InChI=1S/C16H14BrN5S/c17-15-2-1-13(23-15)9-22-4-3-14-12(8-22)7-20-16(21-14)11-5-18-10-19-6-11/h1-2,5-7,10H,3-4,8-9H2. The van der Waals surface area contributed by atoms with Crippen LogP contribution in [-0.2, 0) is 19.5 Å². The molecule has 4 rings (SSSR count). The molecule has 0 saturated carbocycles. The Bertz CT molecular complexity index is 820. The van der Waals surface area contributed by atoms with Gasteiger partial charge in [0.25, 0.3) is 0 Å². The Hall–Kier alpha value is -1.70. The zero-order valence-electron chi connectivity index (χ0n) is 12.3. The first-order valence-corrected chi connectivity index (χ1v) is 8.95. The largest absolute Gasteiger partial charge is 0.293 e. The van der Waals surface area contributed by atoms with Crippen LogP contribution in [0.25, 0.3) is 11.4 Å². The molecule has 1 aliphatic rings. The van der Waals surface area contributed by atoms with Gasteiger partial charge in [0.15, 0.2) is 5.82 Å². The Kier molecular flexibility index (Phi) is 4.15. The fourth-order valence-corrected chi connectivity index (χ4v) is 4.25. The lowest BCUT2D eigenvalue weighted by molar-refractivity contribution is 0.245. The molecule has 0 saturated heterocycles. The molecule has 3 aromatic heterocycles. The molecule has 0 atom stereocenters. The van der Waals surface area contributed by atoms with E-state index in [0.717, 1.165) is 37.3 Å². The van der Waals surface area contributed by atoms with Gasteiger partial charge >= 0.3 is 0 Å². The molecule has 1 aliphatic heterocycles. The van der Waals surface area contributed by atoms with Gasteiger partial charge in [0.1, 0.15) is 6.33 Å². The van der Waals surface area contributed by atoms with Crippen LogP contribution in [0.5, 0.6) is 0 Å². The van der Waals surface area contributed by atoms with E-state index in [2.05, 4.69) is 47.9 Å². The van der Waals surface area contributed by atoms with Crippen molar-refractivity contribution in [1.29, 1.82) is 0 Å². The molecule has 0 aromatic carbocycles. The molecule has 0 amide bonds. The zero-order chi connectivity index (χ0) is 15.6. The predicted octanol–water partition coefficient (Wildman–Crippen LogP) is 3.32. The summed E-state index contributed by atoms with van der Waals surface area (Å²) in [6.45, 7) is 2.89. The lowest BCUT2D eigenvalue weighted by Gasteiger charge is -2.27. The Morgan fingerprint density at radius 2 is 2.04 bits per heavy atom. The van der Waals surface area contributed by atoms with E-state index in [1.807, 2.05) is 6.20 Å². The molecule has 0 bridgehead atoms. The second kappa shape index (κ2) is 6.43. The van der Waals surface area contributed by atoms with Crippen LogP contribution in [0.2, 0.25) is 0 Å². The van der Waals surface area contributed by atoms with Crippen LogP contribution in [0.3, 0.4) is 0 Å². The topological polar surface area (TPSA) is 54.8 Å². The van der Waals surface area contributed by atoms with E-state index in [4.69, 9.17) is 4.98 Å². The highest BCUT2D eigenvalue weighted by atomic mass is 79.9. The first-order chi connectivity index (χ1) is 11.3. The van der Waals surface area contributed by atoms with Crippen LogP contribution in [0.1, 0.15) is 16.1 Å². The van der Waals surface area contributed by atoms with E-state index in [-0.39, 0.29) is 0 Å². The molecule has 0 radical (unpaired) electrons. The van der Waals surface area contributed by atoms with Crippen LogP contribution in [0.4, 0.5) is 0 Å². The molecule has 0 N–H and O–H groups in total. The van der Waals surface area contributed by atoms with E-state index >= 15 is 0 Å². The molecular formula is C16H14BrN5S. The number of halogens is 1. The molecule has 0 fully saturated rings. The fourth-order valence-electron chi connectivity index (χ4n) is 2.72. The quantitative estimate of drug-likeness (QED) is 0.689. The third-order valence-electron chi connectivity index (χ3n) is 3.84. The van der Waals surface area contributed by atoms with Gasteiger partial charge in [-0.15, -0.1) is 11.3 Å². The maximum absolute atomic E-state index is 4.71. The first-order valence-electron chi connectivity index (χ1n) is 7.35. The van der Waals surface area contributed by atoms with Gasteiger partial charge in [-0.25, -0.2) is 19.9 Å². The van der Waals surface area contributed by atoms with Crippen molar-refractivity contribution in [1.82, 2.24) is 24.8 Å². The summed E-state index contributed by atoms with van der Waals surface area (Å²) in [5, 5.41) is 0. The molecule has 116 valence electrons.